The Labute approximate surface area is 302 Å². The molecule has 0 aliphatic rings. The first-order chi connectivity index (χ1) is 25.4. The normalized spacial score (nSPS) is 10.4. The molecule has 0 aromatic heterocycles. The molecule has 8 aromatic carbocycles. The summed E-state index contributed by atoms with van der Waals surface area (Å²) in [5.41, 5.74) is 33.5. The van der Waals surface area contributed by atoms with Gasteiger partial charge in [-0.1, -0.05) is 71.6 Å². The fraction of sp³-hybridized carbons (Fsp3) is 0. The number of nitrogen functional groups attached to an aromatic ring is 4. The van der Waals surface area contributed by atoms with Gasteiger partial charge in [-0.05, 0) is 142 Å². The fourth-order valence-electron chi connectivity index (χ4n) is 6.23. The van der Waals surface area contributed by atoms with Gasteiger partial charge in [0.2, 0.25) is 0 Å². The molecule has 0 bridgehead atoms. The Morgan fingerprint density at radius 3 is 0.673 bits per heavy atom. The number of benzene rings is 8. The standard InChI is InChI=1S/C48H30N4/c49-39-17-5-31(6-18-39)1-13-35-29-36(14-2-32-7-19-40(50)20-8-32)44-27-28-46-38(16-4-34-11-23-42(52)24-12-34)30-37(15-3-33-9-21-41(51)22-10-33)45-26-25-43(35)47(44)48(45)46/h5-12,17-30H,49-52H2. The van der Waals surface area contributed by atoms with E-state index in [4.69, 9.17) is 22.9 Å². The number of anilines is 4. The van der Waals surface area contributed by atoms with E-state index in [0.717, 1.165) is 76.8 Å². The highest BCUT2D eigenvalue weighted by Crippen LogP contribution is 2.40. The number of nitrogens with two attached hydrogens (primary N) is 4. The summed E-state index contributed by atoms with van der Waals surface area (Å²) in [4.78, 5) is 0. The Bertz CT molecular complexity index is 2510. The number of hydrogen-bond donors (Lipinski definition) is 4. The Morgan fingerprint density at radius 1 is 0.250 bits per heavy atom. The zero-order valence-corrected chi connectivity index (χ0v) is 28.0. The maximum absolute atomic E-state index is 5.95. The molecule has 0 fully saturated rings. The molecule has 0 radical (unpaired) electrons. The van der Waals surface area contributed by atoms with Crippen LogP contribution in [-0.4, -0.2) is 0 Å². The number of rotatable bonds is 0. The smallest absolute Gasteiger partial charge is 0.0340 e. The van der Waals surface area contributed by atoms with Crippen molar-refractivity contribution in [1.82, 2.24) is 0 Å². The molecule has 0 aliphatic carbocycles. The third-order valence-electron chi connectivity index (χ3n) is 8.91. The van der Waals surface area contributed by atoms with Crippen LogP contribution in [0.15, 0.2) is 133 Å². The largest absolute Gasteiger partial charge is 0.399 e. The lowest BCUT2D eigenvalue weighted by molar-refractivity contribution is 1.62. The van der Waals surface area contributed by atoms with E-state index in [-0.39, 0.29) is 0 Å². The van der Waals surface area contributed by atoms with Gasteiger partial charge in [-0.3, -0.25) is 0 Å². The first kappa shape index (κ1) is 31.5. The van der Waals surface area contributed by atoms with E-state index in [2.05, 4.69) is 83.8 Å². The van der Waals surface area contributed by atoms with Gasteiger partial charge in [0, 0.05) is 67.3 Å². The van der Waals surface area contributed by atoms with E-state index in [9.17, 15) is 0 Å². The van der Waals surface area contributed by atoms with Crippen LogP contribution in [0.5, 0.6) is 0 Å². The molecule has 0 aliphatic heterocycles. The van der Waals surface area contributed by atoms with Crippen molar-refractivity contribution in [3.8, 4) is 47.4 Å². The van der Waals surface area contributed by atoms with Gasteiger partial charge in [-0.25, -0.2) is 0 Å². The second-order valence-electron chi connectivity index (χ2n) is 12.5. The summed E-state index contributed by atoms with van der Waals surface area (Å²) in [6, 6.07) is 43.0. The topological polar surface area (TPSA) is 104 Å². The average Bonchev–Trinajstić information content (AvgIpc) is 3.17. The molecule has 242 valence electrons. The molecular weight excluding hydrogens is 633 g/mol. The van der Waals surface area contributed by atoms with E-state index in [1.165, 1.54) is 0 Å². The summed E-state index contributed by atoms with van der Waals surface area (Å²) in [5, 5.41) is 6.22. The molecule has 8 aromatic rings. The first-order valence-electron chi connectivity index (χ1n) is 16.7. The Kier molecular flexibility index (Phi) is 8.04. The van der Waals surface area contributed by atoms with Crippen LogP contribution >= 0.6 is 0 Å². The van der Waals surface area contributed by atoms with Crippen molar-refractivity contribution in [2.24, 2.45) is 0 Å². The summed E-state index contributed by atoms with van der Waals surface area (Å²) in [7, 11) is 0. The van der Waals surface area contributed by atoms with Gasteiger partial charge in [-0.2, -0.15) is 0 Å². The van der Waals surface area contributed by atoms with Crippen LogP contribution in [0.1, 0.15) is 44.5 Å². The second-order valence-corrected chi connectivity index (χ2v) is 12.5. The molecule has 0 unspecified atom stereocenters. The third kappa shape index (κ3) is 6.36. The van der Waals surface area contributed by atoms with E-state index in [1.807, 2.05) is 97.1 Å². The highest BCUT2D eigenvalue weighted by Gasteiger charge is 2.17. The molecule has 0 saturated heterocycles. The van der Waals surface area contributed by atoms with Gasteiger partial charge >= 0.3 is 0 Å². The molecule has 52 heavy (non-hydrogen) atoms. The van der Waals surface area contributed by atoms with Gasteiger partial charge in [0.25, 0.3) is 0 Å². The summed E-state index contributed by atoms with van der Waals surface area (Å²) < 4.78 is 0. The lowest BCUT2D eigenvalue weighted by Gasteiger charge is -2.16. The fourth-order valence-corrected chi connectivity index (χ4v) is 6.23. The summed E-state index contributed by atoms with van der Waals surface area (Å²) in [6.45, 7) is 0. The average molecular weight is 663 g/mol. The van der Waals surface area contributed by atoms with Crippen molar-refractivity contribution in [1.29, 1.82) is 0 Å². The van der Waals surface area contributed by atoms with Crippen LogP contribution in [-0.2, 0) is 0 Å². The van der Waals surface area contributed by atoms with Crippen LogP contribution in [0.2, 0.25) is 0 Å². The van der Waals surface area contributed by atoms with Crippen LogP contribution in [0.4, 0.5) is 22.7 Å². The van der Waals surface area contributed by atoms with Crippen molar-refractivity contribution < 1.29 is 0 Å². The monoisotopic (exact) mass is 662 g/mol. The molecular formula is C48H30N4. The van der Waals surface area contributed by atoms with Gasteiger partial charge in [-0.15, -0.1) is 0 Å². The maximum atomic E-state index is 5.95. The Morgan fingerprint density at radius 2 is 0.462 bits per heavy atom. The van der Waals surface area contributed by atoms with Crippen molar-refractivity contribution in [3.05, 3.63) is 178 Å². The van der Waals surface area contributed by atoms with Crippen LogP contribution in [0, 0.1) is 47.4 Å². The minimum absolute atomic E-state index is 0.694. The van der Waals surface area contributed by atoms with Crippen molar-refractivity contribution in [2.75, 3.05) is 22.9 Å². The van der Waals surface area contributed by atoms with Crippen LogP contribution < -0.4 is 22.9 Å². The molecule has 0 atom stereocenters. The lowest BCUT2D eigenvalue weighted by Crippen LogP contribution is -1.95. The molecule has 4 nitrogen and oxygen atoms in total. The van der Waals surface area contributed by atoms with Gasteiger partial charge in [0.15, 0.2) is 0 Å². The summed E-state index contributed by atoms with van der Waals surface area (Å²) in [5.74, 6) is 27.2. The predicted molar refractivity (Wildman–Crippen MR) is 217 cm³/mol. The Hall–Kier alpha value is -7.76. The first-order valence-corrected chi connectivity index (χ1v) is 16.7. The highest BCUT2D eigenvalue weighted by atomic mass is 14.5. The highest BCUT2D eigenvalue weighted by molar-refractivity contribution is 6.26. The van der Waals surface area contributed by atoms with Gasteiger partial charge in [0.1, 0.15) is 0 Å². The summed E-state index contributed by atoms with van der Waals surface area (Å²) >= 11 is 0. The van der Waals surface area contributed by atoms with Crippen molar-refractivity contribution in [3.63, 3.8) is 0 Å². The lowest BCUT2D eigenvalue weighted by atomic mass is 9.86. The van der Waals surface area contributed by atoms with E-state index < -0.39 is 0 Å². The molecule has 0 spiro atoms. The maximum Gasteiger partial charge on any atom is 0.0340 e. The van der Waals surface area contributed by atoms with Crippen molar-refractivity contribution in [2.45, 2.75) is 0 Å². The second kappa shape index (κ2) is 13.3. The van der Waals surface area contributed by atoms with Crippen LogP contribution in [0.25, 0.3) is 32.3 Å². The zero-order valence-electron chi connectivity index (χ0n) is 28.0. The minimum Gasteiger partial charge on any atom is -0.399 e. The quantitative estimate of drug-likeness (QED) is 0.0743. The van der Waals surface area contributed by atoms with Gasteiger partial charge in [0.05, 0.1) is 0 Å². The summed E-state index contributed by atoms with van der Waals surface area (Å²) in [6.07, 6.45) is 0. The van der Waals surface area contributed by atoms with Crippen molar-refractivity contribution >= 4 is 55.1 Å². The van der Waals surface area contributed by atoms with E-state index in [1.54, 1.807) is 0 Å². The molecule has 4 heteroatoms. The zero-order chi connectivity index (χ0) is 35.6. The number of hydrogen-bond acceptors (Lipinski definition) is 4. The minimum atomic E-state index is 0.694. The molecule has 8 N–H and O–H groups in total. The van der Waals surface area contributed by atoms with E-state index in [0.29, 0.717) is 22.7 Å². The van der Waals surface area contributed by atoms with Crippen LogP contribution in [0.3, 0.4) is 0 Å². The molecule has 0 amide bonds. The predicted octanol–water partition coefficient (Wildman–Crippen LogP) is 8.51. The molecule has 0 heterocycles. The molecule has 0 saturated carbocycles. The third-order valence-corrected chi connectivity index (χ3v) is 8.91. The van der Waals surface area contributed by atoms with E-state index >= 15 is 0 Å². The Balaban J connectivity index is 1.42. The molecule has 8 rings (SSSR count). The van der Waals surface area contributed by atoms with Gasteiger partial charge < -0.3 is 22.9 Å². The SMILES string of the molecule is Nc1ccc(C#Cc2cc(C#Cc3ccc(N)cc3)c3ccc4c(C#Cc5ccc(N)cc5)cc(C#Cc5ccc(N)cc5)c5ccc2c3c54)cc1.